The summed E-state index contributed by atoms with van der Waals surface area (Å²) in [6.45, 7) is 8.03. The van der Waals surface area contributed by atoms with Gasteiger partial charge in [0.05, 0.1) is 0 Å². The third-order valence-corrected chi connectivity index (χ3v) is 5.51. The fourth-order valence-corrected chi connectivity index (χ4v) is 3.93. The highest BCUT2D eigenvalue weighted by Gasteiger charge is 2.42. The van der Waals surface area contributed by atoms with Crippen molar-refractivity contribution in [3.05, 3.63) is 29.8 Å². The van der Waals surface area contributed by atoms with Crippen molar-refractivity contribution in [3.8, 4) is 5.75 Å². The first-order valence-electron chi connectivity index (χ1n) is 8.54. The molecule has 138 valence electrons. The lowest BCUT2D eigenvalue weighted by Gasteiger charge is -2.34. The van der Waals surface area contributed by atoms with E-state index in [-0.39, 0.29) is 5.41 Å². The van der Waals surface area contributed by atoms with E-state index in [2.05, 4.69) is 26.1 Å². The number of hydrogen-bond donors (Lipinski definition) is 2. The molecule has 1 saturated heterocycles. The quantitative estimate of drug-likeness (QED) is 0.838. The smallest absolute Gasteiger partial charge is 0.329 e. The fourth-order valence-electron chi connectivity index (χ4n) is 2.74. The van der Waals surface area contributed by atoms with Gasteiger partial charge in [-0.15, -0.1) is 0 Å². The Morgan fingerprint density at radius 2 is 1.76 bits per heavy atom. The Labute approximate surface area is 153 Å². The maximum absolute atomic E-state index is 12.4. The molecule has 1 aliphatic heterocycles. The van der Waals surface area contributed by atoms with Crippen molar-refractivity contribution >= 4 is 23.6 Å². The van der Waals surface area contributed by atoms with Crippen LogP contribution in [0.25, 0.3) is 0 Å². The summed E-state index contributed by atoms with van der Waals surface area (Å²) in [6, 6.07) is 7.65. The number of carboxylic acids is 1. The van der Waals surface area contributed by atoms with Gasteiger partial charge in [0.15, 0.2) is 6.10 Å². The van der Waals surface area contributed by atoms with Crippen LogP contribution in [-0.4, -0.2) is 40.1 Å². The van der Waals surface area contributed by atoms with Gasteiger partial charge >= 0.3 is 5.97 Å². The number of carbonyl (C=O) groups is 2. The minimum absolute atomic E-state index is 0.0500. The highest BCUT2D eigenvalue weighted by atomic mass is 32.2. The molecule has 1 fully saturated rings. The average molecular weight is 365 g/mol. The van der Waals surface area contributed by atoms with Gasteiger partial charge in [0, 0.05) is 0 Å². The molecule has 0 bridgehead atoms. The Bertz CT molecular complexity index is 615. The molecule has 1 aromatic rings. The minimum atomic E-state index is -1.17. The monoisotopic (exact) mass is 365 g/mol. The molecule has 6 heteroatoms. The normalized spacial score (nSPS) is 18.2. The third-order valence-electron chi connectivity index (χ3n) is 4.52. The van der Waals surface area contributed by atoms with Gasteiger partial charge in [-0.1, -0.05) is 32.9 Å². The van der Waals surface area contributed by atoms with Crippen LogP contribution in [0.3, 0.4) is 0 Å². The molecule has 2 rings (SSSR count). The molecular weight excluding hydrogens is 338 g/mol. The number of thioether (sulfide) groups is 1. The molecule has 1 unspecified atom stereocenters. The maximum atomic E-state index is 12.4. The first-order valence-corrected chi connectivity index (χ1v) is 9.70. The van der Waals surface area contributed by atoms with E-state index in [1.807, 2.05) is 24.3 Å². The summed E-state index contributed by atoms with van der Waals surface area (Å²) in [4.78, 5) is 24.1. The highest BCUT2D eigenvalue weighted by molar-refractivity contribution is 7.99. The van der Waals surface area contributed by atoms with Crippen LogP contribution in [0, 0.1) is 0 Å². The minimum Gasteiger partial charge on any atom is -0.481 e. The van der Waals surface area contributed by atoms with E-state index in [0.29, 0.717) is 18.6 Å². The first kappa shape index (κ1) is 19.6. The number of hydrogen-bond acceptors (Lipinski definition) is 4. The lowest BCUT2D eigenvalue weighted by molar-refractivity contribution is -0.149. The van der Waals surface area contributed by atoms with Crippen molar-refractivity contribution in [1.29, 1.82) is 0 Å². The van der Waals surface area contributed by atoms with E-state index >= 15 is 0 Å². The van der Waals surface area contributed by atoms with Gasteiger partial charge in [0.2, 0.25) is 0 Å². The van der Waals surface area contributed by atoms with E-state index in [9.17, 15) is 14.7 Å². The van der Waals surface area contributed by atoms with Gasteiger partial charge in [0.1, 0.15) is 11.3 Å². The second-order valence-corrected chi connectivity index (χ2v) is 8.75. The molecular formula is C19H27NO4S. The molecule has 1 heterocycles. The standard InChI is InChI=1S/C19H27NO4S/c1-13(24-15-7-5-14(6-8-15)18(2,3)4)16(21)20-19(17(22)23)9-11-25-12-10-19/h5-8,13H,9-12H2,1-4H3,(H,20,21)(H,22,23). The highest BCUT2D eigenvalue weighted by Crippen LogP contribution is 2.28. The van der Waals surface area contributed by atoms with Crippen LogP contribution in [0.5, 0.6) is 5.75 Å². The summed E-state index contributed by atoms with van der Waals surface area (Å²) in [7, 11) is 0. The van der Waals surface area contributed by atoms with Crippen molar-refractivity contribution in [3.63, 3.8) is 0 Å². The Hall–Kier alpha value is -1.69. The summed E-state index contributed by atoms with van der Waals surface area (Å²) < 4.78 is 5.70. The molecule has 0 saturated carbocycles. The van der Waals surface area contributed by atoms with Crippen LogP contribution >= 0.6 is 11.8 Å². The summed E-state index contributed by atoms with van der Waals surface area (Å²) in [6.07, 6.45) is 0.114. The summed E-state index contributed by atoms with van der Waals surface area (Å²) in [5.74, 6) is 0.697. The molecule has 1 amide bonds. The molecule has 0 radical (unpaired) electrons. The molecule has 1 atom stereocenters. The Morgan fingerprint density at radius 3 is 2.24 bits per heavy atom. The summed E-state index contributed by atoms with van der Waals surface area (Å²) in [5.41, 5.74) is 0.0613. The zero-order valence-electron chi connectivity index (χ0n) is 15.3. The summed E-state index contributed by atoms with van der Waals surface area (Å²) >= 11 is 1.71. The van der Waals surface area contributed by atoms with Gasteiger partial charge < -0.3 is 15.2 Å². The molecule has 0 aliphatic carbocycles. The van der Waals surface area contributed by atoms with Crippen LogP contribution in [0.1, 0.15) is 46.1 Å². The van der Waals surface area contributed by atoms with Gasteiger partial charge in [-0.3, -0.25) is 4.79 Å². The average Bonchev–Trinajstić information content (AvgIpc) is 2.55. The maximum Gasteiger partial charge on any atom is 0.329 e. The molecule has 25 heavy (non-hydrogen) atoms. The van der Waals surface area contributed by atoms with Crippen LogP contribution in [-0.2, 0) is 15.0 Å². The topological polar surface area (TPSA) is 75.6 Å². The first-order chi connectivity index (χ1) is 11.6. The van der Waals surface area contributed by atoms with Crippen LogP contribution in [0.2, 0.25) is 0 Å². The second-order valence-electron chi connectivity index (χ2n) is 7.52. The zero-order chi connectivity index (χ0) is 18.7. The Balaban J connectivity index is 2.01. The number of carboxylic acid groups (broad SMARTS) is 1. The van der Waals surface area contributed by atoms with E-state index in [4.69, 9.17) is 4.74 Å². The van der Waals surface area contributed by atoms with Gasteiger partial charge in [0.25, 0.3) is 5.91 Å². The van der Waals surface area contributed by atoms with Crippen LogP contribution < -0.4 is 10.1 Å². The SMILES string of the molecule is CC(Oc1ccc(C(C)(C)C)cc1)C(=O)NC1(C(=O)O)CCSCC1. The number of nitrogens with one attached hydrogen (secondary N) is 1. The van der Waals surface area contributed by atoms with Crippen LogP contribution in [0.15, 0.2) is 24.3 Å². The molecule has 5 nitrogen and oxygen atoms in total. The van der Waals surface area contributed by atoms with Crippen molar-refractivity contribution in [1.82, 2.24) is 5.32 Å². The van der Waals surface area contributed by atoms with E-state index in [1.54, 1.807) is 18.7 Å². The van der Waals surface area contributed by atoms with Gasteiger partial charge in [-0.25, -0.2) is 4.79 Å². The van der Waals surface area contributed by atoms with Crippen molar-refractivity contribution in [2.45, 2.75) is 57.6 Å². The fraction of sp³-hybridized carbons (Fsp3) is 0.579. The lowest BCUT2D eigenvalue weighted by atomic mass is 9.87. The lowest BCUT2D eigenvalue weighted by Crippen LogP contribution is -2.58. The van der Waals surface area contributed by atoms with Crippen molar-refractivity contribution < 1.29 is 19.4 Å². The van der Waals surface area contributed by atoms with Gasteiger partial charge in [-0.2, -0.15) is 11.8 Å². The number of amides is 1. The third kappa shape index (κ3) is 4.91. The summed E-state index contributed by atoms with van der Waals surface area (Å²) in [5, 5.41) is 12.3. The second kappa shape index (κ2) is 7.68. The van der Waals surface area contributed by atoms with Crippen molar-refractivity contribution in [2.24, 2.45) is 0 Å². The predicted octanol–water partition coefficient (Wildman–Crippen LogP) is 3.22. The van der Waals surface area contributed by atoms with Gasteiger partial charge in [-0.05, 0) is 54.4 Å². The van der Waals surface area contributed by atoms with Crippen molar-refractivity contribution in [2.75, 3.05) is 11.5 Å². The predicted molar refractivity (Wildman–Crippen MR) is 100 cm³/mol. The number of carbonyl (C=O) groups excluding carboxylic acids is 1. The van der Waals surface area contributed by atoms with E-state index in [0.717, 1.165) is 11.5 Å². The van der Waals surface area contributed by atoms with Crippen LogP contribution in [0.4, 0.5) is 0 Å². The Morgan fingerprint density at radius 1 is 1.20 bits per heavy atom. The molecule has 1 aliphatic rings. The number of aliphatic carboxylic acids is 1. The van der Waals surface area contributed by atoms with E-state index < -0.39 is 23.5 Å². The number of benzene rings is 1. The van der Waals surface area contributed by atoms with E-state index in [1.165, 1.54) is 5.56 Å². The number of rotatable bonds is 5. The number of ether oxygens (including phenoxy) is 1. The largest absolute Gasteiger partial charge is 0.481 e. The molecule has 2 N–H and O–H groups in total. The molecule has 1 aromatic carbocycles. The zero-order valence-corrected chi connectivity index (χ0v) is 16.1. The Kier molecular flexibility index (Phi) is 6.03. The molecule has 0 aromatic heterocycles. The molecule has 0 spiro atoms.